The van der Waals surface area contributed by atoms with Gasteiger partial charge in [0.25, 0.3) is 0 Å². The highest BCUT2D eigenvalue weighted by atomic mass is 16.7. The van der Waals surface area contributed by atoms with E-state index in [0.717, 1.165) is 25.3 Å². The highest BCUT2D eigenvalue weighted by Crippen LogP contribution is 2.37. The maximum absolute atomic E-state index is 12.6. The van der Waals surface area contributed by atoms with Gasteiger partial charge in [0.05, 0.1) is 31.3 Å². The van der Waals surface area contributed by atoms with E-state index < -0.39 is 66.3 Å². The van der Waals surface area contributed by atoms with Crippen molar-refractivity contribution in [1.82, 2.24) is 21.3 Å². The Balaban J connectivity index is 1.45. The van der Waals surface area contributed by atoms with E-state index >= 15 is 0 Å². The number of carbonyl (C=O) groups is 1. The molecule has 0 radical (unpaired) electrons. The van der Waals surface area contributed by atoms with Gasteiger partial charge in [-0.25, -0.2) is 0 Å². The maximum atomic E-state index is 12.6. The first kappa shape index (κ1) is 33.4. The van der Waals surface area contributed by atoms with Crippen molar-refractivity contribution in [2.45, 2.75) is 105 Å². The number of hydrogen-bond donors (Lipinski definition) is 11. The van der Waals surface area contributed by atoms with Crippen LogP contribution in [0.1, 0.15) is 32.6 Å². The first-order chi connectivity index (χ1) is 19.9. The molecule has 3 aliphatic heterocycles. The molecule has 1 unspecified atom stereocenters. The monoisotopic (exact) mass is 601 g/mol. The average molecular weight is 602 g/mol. The lowest BCUT2D eigenvalue weighted by atomic mass is 9.75. The normalized spacial score (nSPS) is 43.4. The van der Waals surface area contributed by atoms with Crippen LogP contribution in [0.25, 0.3) is 0 Å². The van der Waals surface area contributed by atoms with E-state index in [9.17, 15) is 25.2 Å². The maximum Gasteiger partial charge on any atom is 0.250 e. The molecule has 1 saturated carbocycles. The van der Waals surface area contributed by atoms with E-state index in [1.54, 1.807) is 7.05 Å². The number of ether oxygens (including phenoxy) is 3. The van der Waals surface area contributed by atoms with Crippen LogP contribution in [0, 0.1) is 5.92 Å². The van der Waals surface area contributed by atoms with Gasteiger partial charge in [0.15, 0.2) is 6.29 Å². The molecule has 4 rings (SSSR count). The zero-order chi connectivity index (χ0) is 30.6. The van der Waals surface area contributed by atoms with Gasteiger partial charge in [0, 0.05) is 43.7 Å². The van der Waals surface area contributed by atoms with Crippen LogP contribution in [0.3, 0.4) is 0 Å². The number of nitrogens with two attached hydrogens (primary N) is 3. The molecule has 4 aliphatic rings. The fourth-order valence-electron chi connectivity index (χ4n) is 6.59. The van der Waals surface area contributed by atoms with Crippen LogP contribution < -0.4 is 38.5 Å². The second-order valence-corrected chi connectivity index (χ2v) is 12.4. The van der Waals surface area contributed by atoms with Crippen LogP contribution in [0.15, 0.2) is 11.8 Å². The zero-order valence-corrected chi connectivity index (χ0v) is 24.5. The molecule has 3 fully saturated rings. The molecule has 0 aromatic rings. The third-order valence-corrected chi connectivity index (χ3v) is 8.96. The number of carbonyl (C=O) groups excluding carboxylic acids is 1. The summed E-state index contributed by atoms with van der Waals surface area (Å²) in [4.78, 5) is 12.6. The molecule has 1 aliphatic carbocycles. The molecule has 0 spiro atoms. The Kier molecular flexibility index (Phi) is 11.6. The topological polar surface area (TPSA) is 252 Å². The summed E-state index contributed by atoms with van der Waals surface area (Å²) >= 11 is 0. The summed E-state index contributed by atoms with van der Waals surface area (Å²) in [6, 6.07) is -1.41. The molecule has 242 valence electrons. The fourth-order valence-corrected chi connectivity index (χ4v) is 6.59. The summed E-state index contributed by atoms with van der Waals surface area (Å²) in [5.41, 5.74) is 16.6. The van der Waals surface area contributed by atoms with Crippen LogP contribution in [0.4, 0.5) is 0 Å². The van der Waals surface area contributed by atoms with Crippen molar-refractivity contribution >= 4 is 5.91 Å². The van der Waals surface area contributed by atoms with E-state index in [-0.39, 0.29) is 25.2 Å². The number of rotatable bonds is 11. The lowest BCUT2D eigenvalue weighted by Gasteiger charge is -2.49. The summed E-state index contributed by atoms with van der Waals surface area (Å²) in [6.45, 7) is 3.19. The molecule has 14 N–H and O–H groups in total. The van der Waals surface area contributed by atoms with Gasteiger partial charge in [-0.15, -0.1) is 0 Å². The number of hydrogen-bond acceptors (Lipinski definition) is 14. The molecule has 13 atom stereocenters. The van der Waals surface area contributed by atoms with Gasteiger partial charge in [-0.1, -0.05) is 0 Å². The van der Waals surface area contributed by atoms with Gasteiger partial charge >= 0.3 is 0 Å². The van der Waals surface area contributed by atoms with Gasteiger partial charge in [0.1, 0.15) is 35.8 Å². The summed E-state index contributed by atoms with van der Waals surface area (Å²) in [6.07, 6.45) is -2.40. The first-order valence-electron chi connectivity index (χ1n) is 15.0. The quantitative estimate of drug-likeness (QED) is 0.106. The number of nitrogens with one attached hydrogen (secondary N) is 4. The van der Waals surface area contributed by atoms with Crippen molar-refractivity contribution in [3.8, 4) is 0 Å². The lowest BCUT2D eigenvalue weighted by molar-refractivity contribution is -0.297. The number of likely N-dealkylation sites (N-methyl/N-ethyl adjacent to an activating group) is 1. The third kappa shape index (κ3) is 7.78. The highest BCUT2D eigenvalue weighted by Gasteiger charge is 2.51. The Bertz CT molecular complexity index is 929. The summed E-state index contributed by atoms with van der Waals surface area (Å²) in [5.74, 6) is -0.414. The van der Waals surface area contributed by atoms with Gasteiger partial charge in [-0.05, 0) is 45.7 Å². The third-order valence-electron chi connectivity index (χ3n) is 8.96. The summed E-state index contributed by atoms with van der Waals surface area (Å²) in [7, 11) is 1.61. The minimum absolute atomic E-state index is 0.129. The SMILES string of the molecule is CN[C@@H]1[C@@H](O)[C@@H](O[C@@H]2[C@@H](O)[C@H](C3OC(CNC[C@@H]4C[C@H](N)CN4)=CC[C@H]3N)CC[C@H]2NC(=O)[C@@H](O)CN)OC[C@]1(C)O. The Morgan fingerprint density at radius 3 is 2.71 bits per heavy atom. The fraction of sp³-hybridized carbons (Fsp3) is 0.889. The zero-order valence-electron chi connectivity index (χ0n) is 24.5. The van der Waals surface area contributed by atoms with Gasteiger partial charge in [0.2, 0.25) is 5.91 Å². The molecule has 42 heavy (non-hydrogen) atoms. The van der Waals surface area contributed by atoms with Crippen LogP contribution in [-0.2, 0) is 19.0 Å². The predicted molar refractivity (Wildman–Crippen MR) is 153 cm³/mol. The number of amides is 1. The minimum Gasteiger partial charge on any atom is -0.492 e. The van der Waals surface area contributed by atoms with Crippen LogP contribution in [-0.4, -0.2) is 139 Å². The average Bonchev–Trinajstić information content (AvgIpc) is 3.37. The molecular formula is C27H51N7O8. The van der Waals surface area contributed by atoms with Crippen LogP contribution >= 0.6 is 0 Å². The van der Waals surface area contributed by atoms with Crippen molar-refractivity contribution in [1.29, 1.82) is 0 Å². The largest absolute Gasteiger partial charge is 0.492 e. The molecule has 0 aromatic heterocycles. The predicted octanol–water partition coefficient (Wildman–Crippen LogP) is -4.72. The smallest absolute Gasteiger partial charge is 0.250 e. The van der Waals surface area contributed by atoms with Crippen LogP contribution in [0.2, 0.25) is 0 Å². The van der Waals surface area contributed by atoms with E-state index in [0.29, 0.717) is 31.8 Å². The van der Waals surface area contributed by atoms with Crippen molar-refractivity contribution in [2.75, 3.05) is 39.8 Å². The molecule has 0 bridgehead atoms. The van der Waals surface area contributed by atoms with Crippen molar-refractivity contribution in [3.63, 3.8) is 0 Å². The Labute approximate surface area is 246 Å². The van der Waals surface area contributed by atoms with Gasteiger partial charge in [-0.3, -0.25) is 4.79 Å². The number of aliphatic hydroxyl groups is 4. The molecule has 15 nitrogen and oxygen atoms in total. The minimum atomic E-state index is -1.42. The molecule has 3 heterocycles. The Hall–Kier alpha value is -1.47. The number of aliphatic hydroxyl groups excluding tert-OH is 3. The molecule has 0 aromatic carbocycles. The summed E-state index contributed by atoms with van der Waals surface area (Å²) in [5, 5.41) is 55.7. The second kappa shape index (κ2) is 14.5. The molecular weight excluding hydrogens is 550 g/mol. The van der Waals surface area contributed by atoms with Gasteiger partial charge in [-0.2, -0.15) is 0 Å². The highest BCUT2D eigenvalue weighted by molar-refractivity contribution is 5.81. The lowest BCUT2D eigenvalue weighted by Crippen LogP contribution is -2.67. The summed E-state index contributed by atoms with van der Waals surface area (Å²) < 4.78 is 18.2. The first-order valence-corrected chi connectivity index (χ1v) is 15.0. The molecule has 1 amide bonds. The molecule has 15 heteroatoms. The van der Waals surface area contributed by atoms with Crippen molar-refractivity contribution < 1.29 is 39.4 Å². The second-order valence-electron chi connectivity index (χ2n) is 12.4. The van der Waals surface area contributed by atoms with E-state index in [2.05, 4.69) is 21.3 Å². The van der Waals surface area contributed by atoms with Crippen LogP contribution in [0.5, 0.6) is 0 Å². The van der Waals surface area contributed by atoms with Crippen molar-refractivity contribution in [2.24, 2.45) is 23.1 Å². The van der Waals surface area contributed by atoms with Gasteiger partial charge < -0.3 is 73.1 Å². The van der Waals surface area contributed by atoms with E-state index in [4.69, 9.17) is 31.4 Å². The van der Waals surface area contributed by atoms with Crippen molar-refractivity contribution in [3.05, 3.63) is 11.8 Å². The van der Waals surface area contributed by atoms with E-state index in [1.165, 1.54) is 6.92 Å². The standard InChI is InChI=1S/C27H51N7O8/c1-27(39)12-40-26(21(37)24(27)31-2)42-23-18(34-25(38)19(35)8-28)6-4-16(20(23)36)22-17(30)5-3-15(41-22)11-32-10-14-7-13(29)9-33-14/h3,13-14,16-24,26,31-33,35-37,39H,4-12,28-30H2,1-2H3,(H,34,38)/t13-,14-,16+,17+,18+,19-,20-,21+,22?,23-,24+,26+,27-/m0/s1. The Morgan fingerprint density at radius 1 is 1.29 bits per heavy atom. The van der Waals surface area contributed by atoms with E-state index in [1.807, 2.05) is 6.08 Å². The molecule has 2 saturated heterocycles. The Morgan fingerprint density at radius 2 is 2.05 bits per heavy atom.